The van der Waals surface area contributed by atoms with E-state index in [1.54, 1.807) is 0 Å². The van der Waals surface area contributed by atoms with Gasteiger partial charge in [-0.3, -0.25) is 9.59 Å². The van der Waals surface area contributed by atoms with E-state index >= 15 is 0 Å². The van der Waals surface area contributed by atoms with Crippen molar-refractivity contribution in [1.82, 2.24) is 4.31 Å². The molecular weight excluding hydrogens is 290 g/mol. The van der Waals surface area contributed by atoms with E-state index in [-0.39, 0.29) is 28.6 Å². The van der Waals surface area contributed by atoms with Crippen molar-refractivity contribution in [2.45, 2.75) is 64.4 Å². The zero-order valence-electron chi connectivity index (χ0n) is 13.0. The van der Waals surface area contributed by atoms with Gasteiger partial charge in [0.25, 0.3) is 0 Å². The molecule has 2 rings (SSSR count). The van der Waals surface area contributed by atoms with Crippen molar-refractivity contribution < 1.29 is 9.59 Å². The highest BCUT2D eigenvalue weighted by Crippen LogP contribution is 2.52. The molecule has 0 bridgehead atoms. The first-order chi connectivity index (χ1) is 9.04. The number of carbonyl (C=O) groups is 2. The van der Waals surface area contributed by atoms with E-state index in [4.69, 9.17) is 12.6 Å². The zero-order chi connectivity index (χ0) is 15.3. The summed E-state index contributed by atoms with van der Waals surface area (Å²) in [5, 5.41) is 0.636. The predicted octanol–water partition coefficient (Wildman–Crippen LogP) is 3.54. The van der Waals surface area contributed by atoms with Crippen LogP contribution < -0.4 is 0 Å². The van der Waals surface area contributed by atoms with Gasteiger partial charge in [-0.25, -0.2) is 4.31 Å². The molecule has 2 amide bonds. The zero-order valence-corrected chi connectivity index (χ0v) is 14.7. The van der Waals surface area contributed by atoms with Crippen LogP contribution in [0.3, 0.4) is 0 Å². The van der Waals surface area contributed by atoms with Crippen molar-refractivity contribution in [2.75, 3.05) is 0 Å². The first kappa shape index (κ1) is 16.2. The number of hydrogen-bond acceptors (Lipinski definition) is 4. The average molecular weight is 316 g/mol. The summed E-state index contributed by atoms with van der Waals surface area (Å²) >= 11 is 6.26. The fourth-order valence-electron chi connectivity index (χ4n) is 3.62. The highest BCUT2D eigenvalue weighted by atomic mass is 32.2. The molecule has 1 heterocycles. The van der Waals surface area contributed by atoms with Gasteiger partial charge in [-0.1, -0.05) is 34.6 Å². The lowest BCUT2D eigenvalue weighted by molar-refractivity contribution is -0.132. The molecule has 5 heteroatoms. The van der Waals surface area contributed by atoms with Gasteiger partial charge in [0.05, 0.1) is 0 Å². The van der Waals surface area contributed by atoms with E-state index in [0.717, 1.165) is 12.8 Å². The maximum atomic E-state index is 12.0. The summed E-state index contributed by atoms with van der Waals surface area (Å²) in [4.78, 5) is 24.0. The summed E-state index contributed by atoms with van der Waals surface area (Å²) in [7, 11) is 0. The Morgan fingerprint density at radius 1 is 1.15 bits per heavy atom. The first-order valence-corrected chi connectivity index (χ1v) is 8.61. The Bertz CT molecular complexity index is 416. The lowest BCUT2D eigenvalue weighted by Crippen LogP contribution is -2.47. The Morgan fingerprint density at radius 2 is 1.65 bits per heavy atom. The topological polar surface area (TPSA) is 37.4 Å². The highest BCUT2D eigenvalue weighted by molar-refractivity contribution is 7.98. The lowest BCUT2D eigenvalue weighted by atomic mass is 9.64. The van der Waals surface area contributed by atoms with Crippen LogP contribution in [0.15, 0.2) is 0 Å². The number of amides is 2. The molecule has 0 radical (unpaired) electrons. The van der Waals surface area contributed by atoms with Crippen molar-refractivity contribution in [3.05, 3.63) is 0 Å². The summed E-state index contributed by atoms with van der Waals surface area (Å²) in [6, 6.07) is 0. The highest BCUT2D eigenvalue weighted by Gasteiger charge is 2.48. The largest absolute Gasteiger partial charge is 0.273 e. The SMILES string of the molecule is CC1CC(=O)N(SC2CC(C)(C)C(S)C(C)(C)C2)C1=O. The molecule has 114 valence electrons. The Balaban J connectivity index is 2.11. The summed E-state index contributed by atoms with van der Waals surface area (Å²) in [6.45, 7) is 10.8. The second kappa shape index (κ2) is 5.24. The van der Waals surface area contributed by atoms with Gasteiger partial charge >= 0.3 is 0 Å². The summed E-state index contributed by atoms with van der Waals surface area (Å²) in [5.74, 6) is -0.211. The van der Waals surface area contributed by atoms with Crippen LogP contribution in [0.1, 0.15) is 53.9 Å². The number of thiol groups is 1. The van der Waals surface area contributed by atoms with Crippen LogP contribution >= 0.6 is 24.6 Å². The second-order valence-electron chi connectivity index (χ2n) is 7.65. The fraction of sp³-hybridized carbons (Fsp3) is 0.867. The van der Waals surface area contributed by atoms with Gasteiger partial charge in [0, 0.05) is 22.8 Å². The van der Waals surface area contributed by atoms with Gasteiger partial charge in [-0.15, -0.1) is 0 Å². The van der Waals surface area contributed by atoms with Crippen LogP contribution in [0.2, 0.25) is 0 Å². The lowest BCUT2D eigenvalue weighted by Gasteiger charge is -2.50. The van der Waals surface area contributed by atoms with E-state index in [2.05, 4.69) is 27.7 Å². The predicted molar refractivity (Wildman–Crippen MR) is 86.6 cm³/mol. The number of carbonyl (C=O) groups excluding carboxylic acids is 2. The molecule has 0 N–H and O–H groups in total. The van der Waals surface area contributed by atoms with Crippen molar-refractivity contribution in [3.63, 3.8) is 0 Å². The smallest absolute Gasteiger partial charge is 0.242 e. The van der Waals surface area contributed by atoms with Gasteiger partial charge in [-0.05, 0) is 35.6 Å². The van der Waals surface area contributed by atoms with Crippen molar-refractivity contribution in [1.29, 1.82) is 0 Å². The molecule has 0 aromatic heterocycles. The van der Waals surface area contributed by atoms with Crippen LogP contribution in [-0.2, 0) is 9.59 Å². The van der Waals surface area contributed by atoms with Crippen LogP contribution in [0.25, 0.3) is 0 Å². The molecule has 0 aromatic rings. The average Bonchev–Trinajstić information content (AvgIpc) is 2.52. The molecule has 1 atom stereocenters. The normalized spacial score (nSPS) is 36.5. The third-order valence-corrected chi connectivity index (χ3v) is 7.20. The summed E-state index contributed by atoms with van der Waals surface area (Å²) in [5.41, 5.74) is 0.222. The number of rotatable bonds is 2. The minimum absolute atomic E-state index is 0.0244. The van der Waals surface area contributed by atoms with Gasteiger partial charge in [-0.2, -0.15) is 12.6 Å². The van der Waals surface area contributed by atoms with Gasteiger partial charge < -0.3 is 0 Å². The third-order valence-electron chi connectivity index (χ3n) is 4.57. The standard InChI is InChI=1S/C15H25NO2S2/c1-9-6-11(17)16(12(9)18)20-10-7-14(2,3)13(19)15(4,5)8-10/h9-10,13,19H,6-8H2,1-5H3. The van der Waals surface area contributed by atoms with Crippen molar-refractivity contribution >= 4 is 36.4 Å². The van der Waals surface area contributed by atoms with E-state index in [1.807, 2.05) is 6.92 Å². The van der Waals surface area contributed by atoms with Crippen molar-refractivity contribution in [2.24, 2.45) is 16.7 Å². The Hall–Kier alpha value is -0.160. The molecule has 1 saturated carbocycles. The minimum Gasteiger partial charge on any atom is -0.273 e. The maximum Gasteiger partial charge on any atom is 0.242 e. The van der Waals surface area contributed by atoms with E-state index in [9.17, 15) is 9.59 Å². The van der Waals surface area contributed by atoms with Gasteiger partial charge in [0.15, 0.2) is 0 Å². The fourth-order valence-corrected chi connectivity index (χ4v) is 5.61. The molecule has 1 saturated heterocycles. The Kier molecular flexibility index (Phi) is 4.25. The second-order valence-corrected chi connectivity index (χ2v) is 9.41. The van der Waals surface area contributed by atoms with Gasteiger partial charge in [0.2, 0.25) is 11.8 Å². The van der Waals surface area contributed by atoms with Crippen LogP contribution in [-0.4, -0.2) is 26.6 Å². The molecule has 0 spiro atoms. The van der Waals surface area contributed by atoms with Crippen LogP contribution in [0.4, 0.5) is 0 Å². The third kappa shape index (κ3) is 2.89. The Labute approximate surface area is 131 Å². The molecule has 1 unspecified atom stereocenters. The van der Waals surface area contributed by atoms with E-state index in [1.165, 1.54) is 16.3 Å². The molecule has 0 aromatic carbocycles. The molecule has 1 aliphatic heterocycles. The van der Waals surface area contributed by atoms with Crippen LogP contribution in [0, 0.1) is 16.7 Å². The number of nitrogens with zero attached hydrogens (tertiary/aromatic N) is 1. The summed E-state index contributed by atoms with van der Waals surface area (Å²) in [6.07, 6.45) is 2.34. The molecule has 2 aliphatic rings. The number of imide groups is 1. The molecule has 1 aliphatic carbocycles. The van der Waals surface area contributed by atoms with E-state index < -0.39 is 0 Å². The van der Waals surface area contributed by atoms with Gasteiger partial charge in [0.1, 0.15) is 0 Å². The van der Waals surface area contributed by atoms with Crippen LogP contribution in [0.5, 0.6) is 0 Å². The monoisotopic (exact) mass is 315 g/mol. The van der Waals surface area contributed by atoms with E-state index in [0.29, 0.717) is 16.9 Å². The maximum absolute atomic E-state index is 12.0. The first-order valence-electron chi connectivity index (χ1n) is 7.26. The quantitative estimate of drug-likeness (QED) is 0.481. The Morgan fingerprint density at radius 3 is 2.05 bits per heavy atom. The molecule has 3 nitrogen and oxygen atoms in total. The molecule has 20 heavy (non-hydrogen) atoms. The van der Waals surface area contributed by atoms with Crippen molar-refractivity contribution in [3.8, 4) is 0 Å². The summed E-state index contributed by atoms with van der Waals surface area (Å²) < 4.78 is 1.42. The minimum atomic E-state index is -0.155. The molecular formula is C15H25NO2S2. The molecule has 2 fully saturated rings. The number of hydrogen-bond donors (Lipinski definition) is 1.